The third-order valence-corrected chi connectivity index (χ3v) is 4.85. The maximum Gasteiger partial charge on any atom is 0.327 e. The zero-order valence-electron chi connectivity index (χ0n) is 11.2. The van der Waals surface area contributed by atoms with E-state index >= 15 is 0 Å². The highest BCUT2D eigenvalue weighted by molar-refractivity contribution is 8.00. The number of nitrogens with zero attached hydrogens (tertiary/aromatic N) is 1. The summed E-state index contributed by atoms with van der Waals surface area (Å²) in [5, 5.41) is 9.00. The predicted octanol–water partition coefficient (Wildman–Crippen LogP) is 2.45. The largest absolute Gasteiger partial charge is 0.480 e. The Morgan fingerprint density at radius 1 is 1.40 bits per heavy atom. The van der Waals surface area contributed by atoms with Gasteiger partial charge < -0.3 is 10.0 Å². The van der Waals surface area contributed by atoms with Crippen LogP contribution in [0.1, 0.15) is 24.2 Å². The Hall–Kier alpha value is -1.56. The highest BCUT2D eigenvalue weighted by atomic mass is 32.2. The number of carbonyl (C=O) groups excluding carboxylic acids is 1. The molecule has 6 heteroatoms. The van der Waals surface area contributed by atoms with E-state index in [9.17, 15) is 19.1 Å². The minimum absolute atomic E-state index is 0.0769. The second-order valence-electron chi connectivity index (χ2n) is 5.01. The molecular formula is C14H16FNO3S. The van der Waals surface area contributed by atoms with Gasteiger partial charge in [-0.25, -0.2) is 9.18 Å². The Bertz CT molecular complexity index is 535. The smallest absolute Gasteiger partial charge is 0.327 e. The van der Waals surface area contributed by atoms with Crippen molar-refractivity contribution in [2.45, 2.75) is 25.3 Å². The summed E-state index contributed by atoms with van der Waals surface area (Å²) in [6, 6.07) is 4.76. The maximum atomic E-state index is 13.7. The molecule has 1 aromatic rings. The molecule has 0 aromatic heterocycles. The van der Waals surface area contributed by atoms with Crippen molar-refractivity contribution in [2.75, 3.05) is 5.75 Å². The molecule has 0 unspecified atom stereocenters. The molecule has 108 valence electrons. The molecule has 1 aromatic carbocycles. The van der Waals surface area contributed by atoms with Crippen molar-refractivity contribution in [3.05, 3.63) is 35.6 Å². The summed E-state index contributed by atoms with van der Waals surface area (Å²) >= 11 is 1.43. The van der Waals surface area contributed by atoms with E-state index in [1.54, 1.807) is 6.07 Å². The van der Waals surface area contributed by atoms with Crippen molar-refractivity contribution in [1.82, 2.24) is 4.90 Å². The summed E-state index contributed by atoms with van der Waals surface area (Å²) in [5.41, 5.74) is -0.0769. The zero-order chi connectivity index (χ0) is 14.9. The summed E-state index contributed by atoms with van der Waals surface area (Å²) in [6.07, 6.45) is 0. The summed E-state index contributed by atoms with van der Waals surface area (Å²) in [7, 11) is 0. The van der Waals surface area contributed by atoms with Crippen molar-refractivity contribution in [2.24, 2.45) is 5.92 Å². The molecule has 1 N–H and O–H groups in total. The molecule has 20 heavy (non-hydrogen) atoms. The molecule has 2 rings (SSSR count). The van der Waals surface area contributed by atoms with Crippen LogP contribution in [0, 0.1) is 11.7 Å². The number of carboxylic acids is 1. The van der Waals surface area contributed by atoms with Crippen LogP contribution >= 0.6 is 11.8 Å². The number of amides is 1. The average molecular weight is 297 g/mol. The zero-order valence-corrected chi connectivity index (χ0v) is 12.1. The first-order valence-corrected chi connectivity index (χ1v) is 7.40. The van der Waals surface area contributed by atoms with Gasteiger partial charge in [-0.2, -0.15) is 0 Å². The number of rotatable bonds is 3. The van der Waals surface area contributed by atoms with Gasteiger partial charge in [-0.3, -0.25) is 4.79 Å². The van der Waals surface area contributed by atoms with E-state index in [1.807, 2.05) is 13.8 Å². The van der Waals surface area contributed by atoms with E-state index in [4.69, 9.17) is 0 Å². The van der Waals surface area contributed by atoms with Gasteiger partial charge in [0.15, 0.2) is 0 Å². The van der Waals surface area contributed by atoms with Crippen LogP contribution in [0.15, 0.2) is 24.3 Å². The summed E-state index contributed by atoms with van der Waals surface area (Å²) in [5.74, 6) is -1.80. The van der Waals surface area contributed by atoms with E-state index < -0.39 is 23.7 Å². The lowest BCUT2D eigenvalue weighted by atomic mass is 10.1. The SMILES string of the molecule is CC(C)[C@@H]1SC[C@@H](C(=O)O)N1C(=O)c1ccccc1F. The molecule has 1 heterocycles. The van der Waals surface area contributed by atoms with Crippen molar-refractivity contribution in [1.29, 1.82) is 0 Å². The fourth-order valence-corrected chi connectivity index (χ4v) is 3.73. The van der Waals surface area contributed by atoms with Gasteiger partial charge in [0.2, 0.25) is 0 Å². The van der Waals surface area contributed by atoms with Gasteiger partial charge in [-0.1, -0.05) is 26.0 Å². The van der Waals surface area contributed by atoms with Gasteiger partial charge >= 0.3 is 5.97 Å². The van der Waals surface area contributed by atoms with Crippen LogP contribution < -0.4 is 0 Å². The number of aliphatic carboxylic acids is 1. The van der Waals surface area contributed by atoms with Crippen LogP contribution in [-0.2, 0) is 4.79 Å². The van der Waals surface area contributed by atoms with E-state index in [1.165, 1.54) is 34.9 Å². The molecule has 1 saturated heterocycles. The van der Waals surface area contributed by atoms with Gasteiger partial charge in [0.05, 0.1) is 10.9 Å². The quantitative estimate of drug-likeness (QED) is 0.931. The van der Waals surface area contributed by atoms with E-state index in [-0.39, 0.29) is 16.9 Å². The van der Waals surface area contributed by atoms with Crippen LogP contribution in [0.3, 0.4) is 0 Å². The van der Waals surface area contributed by atoms with Crippen LogP contribution in [0.25, 0.3) is 0 Å². The molecule has 1 aliphatic rings. The van der Waals surface area contributed by atoms with Gasteiger partial charge in [-0.05, 0) is 18.1 Å². The number of benzene rings is 1. The number of carbonyl (C=O) groups is 2. The first kappa shape index (κ1) is 14.8. The summed E-state index contributed by atoms with van der Waals surface area (Å²) in [6.45, 7) is 3.84. The number of carboxylic acid groups (broad SMARTS) is 1. The Morgan fingerprint density at radius 3 is 2.60 bits per heavy atom. The van der Waals surface area contributed by atoms with Gasteiger partial charge in [0.1, 0.15) is 11.9 Å². The first-order chi connectivity index (χ1) is 9.43. The van der Waals surface area contributed by atoms with Crippen molar-refractivity contribution >= 4 is 23.6 Å². The fourth-order valence-electron chi connectivity index (χ4n) is 2.26. The molecule has 0 radical (unpaired) electrons. The predicted molar refractivity (Wildman–Crippen MR) is 75.1 cm³/mol. The van der Waals surface area contributed by atoms with Crippen molar-refractivity contribution in [3.63, 3.8) is 0 Å². The standard InChI is InChI=1S/C14H16FNO3S/c1-8(2)13-16(11(7-20-13)14(18)19)12(17)9-5-3-4-6-10(9)15/h3-6,8,11,13H,7H2,1-2H3,(H,18,19)/t11-,13-/m0/s1. The molecule has 0 bridgehead atoms. The minimum atomic E-state index is -1.05. The maximum absolute atomic E-state index is 13.7. The van der Waals surface area contributed by atoms with Crippen LogP contribution in [0.4, 0.5) is 4.39 Å². The van der Waals surface area contributed by atoms with E-state index in [2.05, 4.69) is 0 Å². The van der Waals surface area contributed by atoms with Gasteiger partial charge in [0, 0.05) is 5.75 Å². The Morgan fingerprint density at radius 2 is 2.05 bits per heavy atom. The molecule has 0 saturated carbocycles. The number of halogens is 1. The monoisotopic (exact) mass is 297 g/mol. The van der Waals surface area contributed by atoms with Crippen LogP contribution in [-0.4, -0.2) is 39.1 Å². The summed E-state index contributed by atoms with van der Waals surface area (Å²) < 4.78 is 13.7. The molecule has 4 nitrogen and oxygen atoms in total. The van der Waals surface area contributed by atoms with Crippen LogP contribution in [0.5, 0.6) is 0 Å². The Labute approximate surface area is 121 Å². The Balaban J connectivity index is 2.37. The van der Waals surface area contributed by atoms with Gasteiger partial charge in [-0.15, -0.1) is 11.8 Å². The van der Waals surface area contributed by atoms with Crippen molar-refractivity contribution < 1.29 is 19.1 Å². The Kier molecular flexibility index (Phi) is 4.32. The number of hydrogen-bond acceptors (Lipinski definition) is 3. The second-order valence-corrected chi connectivity index (χ2v) is 6.16. The van der Waals surface area contributed by atoms with Gasteiger partial charge in [0.25, 0.3) is 5.91 Å². The highest BCUT2D eigenvalue weighted by Crippen LogP contribution is 2.35. The van der Waals surface area contributed by atoms with Crippen LogP contribution in [0.2, 0.25) is 0 Å². The molecule has 1 aliphatic heterocycles. The first-order valence-electron chi connectivity index (χ1n) is 6.35. The number of hydrogen-bond donors (Lipinski definition) is 1. The van der Waals surface area contributed by atoms with Crippen molar-refractivity contribution in [3.8, 4) is 0 Å². The molecule has 1 amide bonds. The van der Waals surface area contributed by atoms with E-state index in [0.717, 1.165) is 0 Å². The lowest BCUT2D eigenvalue weighted by Crippen LogP contribution is -2.47. The molecule has 2 atom stereocenters. The second kappa shape index (κ2) is 5.83. The number of thioether (sulfide) groups is 1. The molecule has 0 spiro atoms. The lowest BCUT2D eigenvalue weighted by Gasteiger charge is -2.29. The lowest BCUT2D eigenvalue weighted by molar-refractivity contribution is -0.141. The molecular weight excluding hydrogens is 281 g/mol. The highest BCUT2D eigenvalue weighted by Gasteiger charge is 2.43. The molecule has 0 aliphatic carbocycles. The fraction of sp³-hybridized carbons (Fsp3) is 0.429. The average Bonchev–Trinajstić information content (AvgIpc) is 2.83. The third kappa shape index (κ3) is 2.65. The molecule has 1 fully saturated rings. The topological polar surface area (TPSA) is 57.6 Å². The normalized spacial score (nSPS) is 22.3. The van der Waals surface area contributed by atoms with E-state index in [0.29, 0.717) is 5.75 Å². The summed E-state index contributed by atoms with van der Waals surface area (Å²) in [4.78, 5) is 25.1. The minimum Gasteiger partial charge on any atom is -0.480 e. The third-order valence-electron chi connectivity index (χ3n) is 3.23.